The molecule has 0 saturated heterocycles. The summed E-state index contributed by atoms with van der Waals surface area (Å²) >= 11 is 0. The van der Waals surface area contributed by atoms with Crippen molar-refractivity contribution in [3.05, 3.63) is 24.0 Å². The Labute approximate surface area is 115 Å². The van der Waals surface area contributed by atoms with Gasteiger partial charge >= 0.3 is 0 Å². The summed E-state index contributed by atoms with van der Waals surface area (Å²) in [6, 6.07) is 2.09. The third-order valence-corrected chi connectivity index (χ3v) is 2.10. The molecule has 0 saturated carbocycles. The second-order valence-corrected chi connectivity index (χ2v) is 4.09. The van der Waals surface area contributed by atoms with Crippen molar-refractivity contribution < 1.29 is 0 Å². The van der Waals surface area contributed by atoms with Crippen molar-refractivity contribution in [3.63, 3.8) is 0 Å². The Bertz CT molecular complexity index is 332. The highest BCUT2D eigenvalue weighted by molar-refractivity contribution is 14.0. The van der Waals surface area contributed by atoms with Crippen LogP contribution in [0.1, 0.15) is 5.56 Å². The molecule has 0 aliphatic heterocycles. The molecule has 0 N–H and O–H groups in total. The van der Waals surface area contributed by atoms with Crippen LogP contribution in [-0.4, -0.2) is 48.5 Å². The summed E-state index contributed by atoms with van der Waals surface area (Å²) in [7, 11) is 10.0. The minimum absolute atomic E-state index is 0. The number of aliphatic imine (C=N–C) groups is 1. The topological polar surface area (TPSA) is 23.8 Å². The largest absolute Gasteiger partial charge is 0.357 e. The molecule has 0 aliphatic rings. The number of guanidine groups is 1. The van der Waals surface area contributed by atoms with Crippen LogP contribution in [0.4, 0.5) is 0 Å². The first-order valence-electron chi connectivity index (χ1n) is 5.00. The minimum Gasteiger partial charge on any atom is -0.357 e. The van der Waals surface area contributed by atoms with Crippen molar-refractivity contribution in [2.45, 2.75) is 6.54 Å². The van der Waals surface area contributed by atoms with Gasteiger partial charge in [-0.2, -0.15) is 0 Å². The quantitative estimate of drug-likeness (QED) is 0.466. The van der Waals surface area contributed by atoms with Crippen LogP contribution < -0.4 is 0 Å². The first-order chi connectivity index (χ1) is 7.00. The molecular weight excluding hydrogens is 315 g/mol. The Morgan fingerprint density at radius 1 is 1.25 bits per heavy atom. The summed E-state index contributed by atoms with van der Waals surface area (Å²) in [5.41, 5.74) is 1.23. The Kier molecular flexibility index (Phi) is 6.47. The fourth-order valence-electron chi connectivity index (χ4n) is 1.50. The molecule has 5 heteroatoms. The van der Waals surface area contributed by atoms with E-state index < -0.39 is 0 Å². The molecule has 0 aliphatic carbocycles. The van der Waals surface area contributed by atoms with Gasteiger partial charge in [-0.25, -0.2) is 4.99 Å². The summed E-state index contributed by atoms with van der Waals surface area (Å²) in [5.74, 6) is 0.985. The molecule has 92 valence electrons. The van der Waals surface area contributed by atoms with Crippen molar-refractivity contribution >= 4 is 29.9 Å². The molecule has 1 aromatic rings. The molecule has 0 amide bonds. The molecule has 0 unspecified atom stereocenters. The van der Waals surface area contributed by atoms with Gasteiger partial charge in [-0.1, -0.05) is 0 Å². The van der Waals surface area contributed by atoms with Crippen molar-refractivity contribution in [2.24, 2.45) is 12.0 Å². The third-order valence-electron chi connectivity index (χ3n) is 2.10. The smallest absolute Gasteiger partial charge is 0.195 e. The fraction of sp³-hybridized carbons (Fsp3) is 0.545. The first kappa shape index (κ1) is 15.3. The highest BCUT2D eigenvalue weighted by atomic mass is 127. The standard InChI is InChI=1S/C11H20N4.HI/c1-13(2)11(14(3)4)12-8-10-6-7-15(5)9-10;/h6-7,9H,8H2,1-5H3;1H. The van der Waals surface area contributed by atoms with E-state index in [1.54, 1.807) is 0 Å². The zero-order chi connectivity index (χ0) is 11.4. The van der Waals surface area contributed by atoms with E-state index >= 15 is 0 Å². The number of hydrogen-bond acceptors (Lipinski definition) is 1. The number of rotatable bonds is 2. The predicted molar refractivity (Wildman–Crippen MR) is 79.3 cm³/mol. The average Bonchev–Trinajstić information content (AvgIpc) is 2.50. The highest BCUT2D eigenvalue weighted by Crippen LogP contribution is 2.02. The maximum Gasteiger partial charge on any atom is 0.195 e. The van der Waals surface area contributed by atoms with Gasteiger partial charge in [0.15, 0.2) is 5.96 Å². The Morgan fingerprint density at radius 2 is 1.81 bits per heavy atom. The molecule has 0 fully saturated rings. The number of aryl methyl sites for hydroxylation is 1. The van der Waals surface area contributed by atoms with Gasteiger partial charge in [0.05, 0.1) is 6.54 Å². The van der Waals surface area contributed by atoms with Crippen molar-refractivity contribution in [1.29, 1.82) is 0 Å². The van der Waals surface area contributed by atoms with Crippen LogP contribution in [-0.2, 0) is 13.6 Å². The Morgan fingerprint density at radius 3 is 2.19 bits per heavy atom. The number of halogens is 1. The predicted octanol–water partition coefficient (Wildman–Crippen LogP) is 1.62. The first-order valence-corrected chi connectivity index (χ1v) is 5.00. The summed E-state index contributed by atoms with van der Waals surface area (Å²) in [6.07, 6.45) is 4.13. The molecule has 1 heterocycles. The van der Waals surface area contributed by atoms with Crippen LogP contribution in [0.15, 0.2) is 23.5 Å². The van der Waals surface area contributed by atoms with Crippen LogP contribution in [0.2, 0.25) is 0 Å². The second kappa shape index (κ2) is 6.78. The van der Waals surface area contributed by atoms with Gasteiger partial charge in [0.2, 0.25) is 0 Å². The van der Waals surface area contributed by atoms with E-state index in [1.807, 2.05) is 55.8 Å². The third kappa shape index (κ3) is 4.42. The monoisotopic (exact) mass is 336 g/mol. The maximum atomic E-state index is 4.56. The van der Waals surface area contributed by atoms with Gasteiger partial charge in [-0.15, -0.1) is 24.0 Å². The van der Waals surface area contributed by atoms with Crippen LogP contribution in [0.25, 0.3) is 0 Å². The molecule has 1 aromatic heterocycles. The summed E-state index contributed by atoms with van der Waals surface area (Å²) in [5, 5.41) is 0. The molecule has 16 heavy (non-hydrogen) atoms. The molecule has 0 aromatic carbocycles. The summed E-state index contributed by atoms with van der Waals surface area (Å²) in [6.45, 7) is 0.729. The Balaban J connectivity index is 0.00000225. The van der Waals surface area contributed by atoms with Crippen LogP contribution in [0.5, 0.6) is 0 Å². The van der Waals surface area contributed by atoms with Gasteiger partial charge in [-0.05, 0) is 11.6 Å². The number of nitrogens with zero attached hydrogens (tertiary/aromatic N) is 4. The zero-order valence-corrected chi connectivity index (χ0v) is 13.0. The van der Waals surface area contributed by atoms with E-state index in [0.717, 1.165) is 12.5 Å². The maximum absolute atomic E-state index is 4.56. The van der Waals surface area contributed by atoms with E-state index in [9.17, 15) is 0 Å². The highest BCUT2D eigenvalue weighted by Gasteiger charge is 2.03. The number of aromatic nitrogens is 1. The summed E-state index contributed by atoms with van der Waals surface area (Å²) < 4.78 is 2.04. The molecule has 4 nitrogen and oxygen atoms in total. The second-order valence-electron chi connectivity index (χ2n) is 4.09. The fourth-order valence-corrected chi connectivity index (χ4v) is 1.50. The van der Waals surface area contributed by atoms with E-state index in [4.69, 9.17) is 0 Å². The van der Waals surface area contributed by atoms with Crippen LogP contribution in [0, 0.1) is 0 Å². The molecular formula is C11H21IN4. The van der Waals surface area contributed by atoms with E-state index in [-0.39, 0.29) is 24.0 Å². The normalized spacial score (nSPS) is 9.31. The van der Waals surface area contributed by atoms with Crippen LogP contribution >= 0.6 is 24.0 Å². The molecule has 0 radical (unpaired) electrons. The minimum atomic E-state index is 0. The van der Waals surface area contributed by atoms with Crippen molar-refractivity contribution in [2.75, 3.05) is 28.2 Å². The van der Waals surface area contributed by atoms with Gasteiger partial charge in [-0.3, -0.25) is 0 Å². The molecule has 0 atom stereocenters. The van der Waals surface area contributed by atoms with Gasteiger partial charge in [0.1, 0.15) is 0 Å². The molecule has 0 bridgehead atoms. The SMILES string of the molecule is CN(C)C(=NCc1ccn(C)c1)N(C)C.I. The lowest BCUT2D eigenvalue weighted by Crippen LogP contribution is -2.35. The molecule has 1 rings (SSSR count). The Hall–Kier alpha value is -0.720. The van der Waals surface area contributed by atoms with Crippen molar-refractivity contribution in [1.82, 2.24) is 14.4 Å². The zero-order valence-electron chi connectivity index (χ0n) is 10.6. The van der Waals surface area contributed by atoms with E-state index in [2.05, 4.69) is 17.3 Å². The van der Waals surface area contributed by atoms with Gasteiger partial charge < -0.3 is 14.4 Å². The van der Waals surface area contributed by atoms with Crippen LogP contribution in [0.3, 0.4) is 0 Å². The van der Waals surface area contributed by atoms with Gasteiger partial charge in [0, 0.05) is 47.6 Å². The van der Waals surface area contributed by atoms with Gasteiger partial charge in [0.25, 0.3) is 0 Å². The van der Waals surface area contributed by atoms with E-state index in [1.165, 1.54) is 5.56 Å². The lowest BCUT2D eigenvalue weighted by Gasteiger charge is -2.22. The summed E-state index contributed by atoms with van der Waals surface area (Å²) in [4.78, 5) is 8.60. The average molecular weight is 336 g/mol. The van der Waals surface area contributed by atoms with Crippen molar-refractivity contribution in [3.8, 4) is 0 Å². The lowest BCUT2D eigenvalue weighted by atomic mass is 10.3. The number of hydrogen-bond donors (Lipinski definition) is 0. The molecule has 0 spiro atoms. The van der Waals surface area contributed by atoms with E-state index in [0.29, 0.717) is 0 Å². The lowest BCUT2D eigenvalue weighted by molar-refractivity contribution is 0.479.